The molecule has 0 aliphatic heterocycles. The van der Waals surface area contributed by atoms with E-state index in [1.165, 1.54) is 25.7 Å². The average Bonchev–Trinajstić information content (AvgIpc) is 2.17. The van der Waals surface area contributed by atoms with Crippen molar-refractivity contribution in [3.8, 4) is 0 Å². The van der Waals surface area contributed by atoms with Crippen molar-refractivity contribution >= 4 is 5.91 Å². The lowest BCUT2D eigenvalue weighted by Gasteiger charge is -2.15. The lowest BCUT2D eigenvalue weighted by atomic mass is 10.1. The zero-order valence-electron chi connectivity index (χ0n) is 9.71. The van der Waals surface area contributed by atoms with Crippen molar-refractivity contribution < 1.29 is 9.53 Å². The summed E-state index contributed by atoms with van der Waals surface area (Å²) in [6.07, 6.45) is 6.61. The Morgan fingerprint density at radius 2 is 1.69 bits per heavy atom. The van der Waals surface area contributed by atoms with E-state index in [2.05, 4.69) is 6.92 Å². The van der Waals surface area contributed by atoms with Gasteiger partial charge in [-0.1, -0.05) is 47.5 Å². The molecule has 0 aliphatic rings. The van der Waals surface area contributed by atoms with Crippen LogP contribution in [0.4, 0.5) is 0 Å². The Labute approximate surface area is 102 Å². The Morgan fingerprint density at radius 1 is 1.12 bits per heavy atom. The third kappa shape index (κ3) is 11.5. The van der Waals surface area contributed by atoms with Crippen molar-refractivity contribution in [2.24, 2.45) is 0 Å². The fourth-order valence-corrected chi connectivity index (χ4v) is 1.34. The molecule has 0 saturated carbocycles. The molecule has 0 spiro atoms. The Kier molecular flexibility index (Phi) is 18.8. The maximum atomic E-state index is 11.4. The lowest BCUT2D eigenvalue weighted by Crippen LogP contribution is -2.28. The third-order valence-corrected chi connectivity index (χ3v) is 2.24. The van der Waals surface area contributed by atoms with E-state index in [9.17, 15) is 4.79 Å². The van der Waals surface area contributed by atoms with Gasteiger partial charge in [-0.2, -0.15) is 0 Å². The molecule has 0 unspecified atom stereocenters. The van der Waals surface area contributed by atoms with Crippen LogP contribution in [0.15, 0.2) is 0 Å². The second-order valence-electron chi connectivity index (χ2n) is 3.67. The van der Waals surface area contributed by atoms with Gasteiger partial charge in [-0.15, -0.1) is 0 Å². The molecular weight excluding hydrogens is 202 g/mol. The first kappa shape index (κ1) is 20.8. The number of ether oxygens (including phenoxy) is 1. The second-order valence-corrected chi connectivity index (χ2v) is 3.67. The van der Waals surface area contributed by atoms with Crippen LogP contribution in [-0.2, 0) is 9.53 Å². The van der Waals surface area contributed by atoms with Gasteiger partial charge in [0, 0.05) is 20.6 Å². The molecule has 0 bridgehead atoms. The minimum atomic E-state index is 0. The molecule has 0 heterocycles. The summed E-state index contributed by atoms with van der Waals surface area (Å²) in [7, 11) is 3.38. The standard InChI is InChI=1S/C11H23NO2.2CH4/c1-4-5-6-7-8-9-11(13)12(2)10-14-3;;/h4-10H2,1-3H3;2*1H4. The van der Waals surface area contributed by atoms with Gasteiger partial charge in [0.15, 0.2) is 0 Å². The van der Waals surface area contributed by atoms with Crippen LogP contribution in [0.2, 0.25) is 0 Å². The smallest absolute Gasteiger partial charge is 0.224 e. The van der Waals surface area contributed by atoms with Crippen LogP contribution >= 0.6 is 0 Å². The summed E-state index contributed by atoms with van der Waals surface area (Å²) in [5, 5.41) is 0. The van der Waals surface area contributed by atoms with Gasteiger partial charge in [-0.25, -0.2) is 0 Å². The van der Waals surface area contributed by atoms with E-state index >= 15 is 0 Å². The normalized spacial score (nSPS) is 8.94. The molecule has 0 radical (unpaired) electrons. The summed E-state index contributed by atoms with van der Waals surface area (Å²) in [4.78, 5) is 13.0. The molecule has 0 aliphatic carbocycles. The van der Waals surface area contributed by atoms with Gasteiger partial charge in [0.2, 0.25) is 5.91 Å². The lowest BCUT2D eigenvalue weighted by molar-refractivity contribution is -0.134. The minimum absolute atomic E-state index is 0. The summed E-state index contributed by atoms with van der Waals surface area (Å²) < 4.78 is 4.87. The van der Waals surface area contributed by atoms with Gasteiger partial charge in [-0.05, 0) is 6.42 Å². The van der Waals surface area contributed by atoms with Gasteiger partial charge in [-0.3, -0.25) is 4.79 Å². The highest BCUT2D eigenvalue weighted by Gasteiger charge is 2.06. The van der Waals surface area contributed by atoms with E-state index in [1.807, 2.05) is 0 Å². The molecule has 1 amide bonds. The third-order valence-electron chi connectivity index (χ3n) is 2.24. The molecule has 0 rings (SSSR count). The van der Waals surface area contributed by atoms with Crippen molar-refractivity contribution in [3.05, 3.63) is 0 Å². The monoisotopic (exact) mass is 233 g/mol. The number of amides is 1. The zero-order chi connectivity index (χ0) is 10.8. The molecule has 0 aromatic rings. The van der Waals surface area contributed by atoms with Crippen LogP contribution in [0.5, 0.6) is 0 Å². The molecule has 100 valence electrons. The summed E-state index contributed by atoms with van der Waals surface area (Å²) in [5.74, 6) is 0.184. The van der Waals surface area contributed by atoms with Gasteiger partial charge >= 0.3 is 0 Å². The molecule has 0 atom stereocenters. The Morgan fingerprint density at radius 3 is 2.19 bits per heavy atom. The van der Waals surface area contributed by atoms with E-state index in [0.29, 0.717) is 13.2 Å². The van der Waals surface area contributed by atoms with Crippen LogP contribution in [0.3, 0.4) is 0 Å². The van der Waals surface area contributed by atoms with Crippen LogP contribution < -0.4 is 0 Å². The highest BCUT2D eigenvalue weighted by molar-refractivity contribution is 5.75. The summed E-state index contributed by atoms with van der Waals surface area (Å²) in [6.45, 7) is 2.59. The van der Waals surface area contributed by atoms with E-state index in [1.54, 1.807) is 19.1 Å². The number of nitrogens with zero attached hydrogens (tertiary/aromatic N) is 1. The number of carbonyl (C=O) groups excluding carboxylic acids is 1. The van der Waals surface area contributed by atoms with Crippen LogP contribution in [0.1, 0.15) is 60.3 Å². The molecule has 0 saturated heterocycles. The number of hydrogen-bond acceptors (Lipinski definition) is 2. The summed E-state index contributed by atoms with van der Waals surface area (Å²) in [6, 6.07) is 0. The van der Waals surface area contributed by atoms with Crippen molar-refractivity contribution in [2.45, 2.75) is 60.3 Å². The van der Waals surface area contributed by atoms with Gasteiger partial charge in [0.05, 0.1) is 0 Å². The van der Waals surface area contributed by atoms with Crippen LogP contribution in [0.25, 0.3) is 0 Å². The highest BCUT2D eigenvalue weighted by atomic mass is 16.5. The first-order chi connectivity index (χ1) is 6.72. The topological polar surface area (TPSA) is 29.5 Å². The fourth-order valence-electron chi connectivity index (χ4n) is 1.34. The van der Waals surface area contributed by atoms with E-state index < -0.39 is 0 Å². The van der Waals surface area contributed by atoms with Crippen molar-refractivity contribution in [3.63, 3.8) is 0 Å². The SMILES string of the molecule is C.C.CCCCCCCC(=O)N(C)COC. The minimum Gasteiger partial charge on any atom is -0.364 e. The maximum Gasteiger partial charge on any atom is 0.224 e. The van der Waals surface area contributed by atoms with Crippen molar-refractivity contribution in [1.82, 2.24) is 4.90 Å². The highest BCUT2D eigenvalue weighted by Crippen LogP contribution is 2.06. The maximum absolute atomic E-state index is 11.4. The molecule has 0 aromatic heterocycles. The Balaban J connectivity index is -0.000000845. The van der Waals surface area contributed by atoms with Gasteiger partial charge < -0.3 is 9.64 Å². The summed E-state index contributed by atoms with van der Waals surface area (Å²) >= 11 is 0. The Bertz CT molecular complexity index is 149. The second kappa shape index (κ2) is 14.4. The molecule has 3 nitrogen and oxygen atoms in total. The molecule has 3 heteroatoms. The van der Waals surface area contributed by atoms with Crippen LogP contribution in [-0.4, -0.2) is 31.7 Å². The van der Waals surface area contributed by atoms with Crippen LogP contribution in [0, 0.1) is 0 Å². The van der Waals surface area contributed by atoms with Gasteiger partial charge in [0.1, 0.15) is 6.73 Å². The average molecular weight is 233 g/mol. The number of unbranched alkanes of at least 4 members (excludes halogenated alkanes) is 4. The summed E-state index contributed by atoms with van der Waals surface area (Å²) in [5.41, 5.74) is 0. The number of methoxy groups -OCH3 is 1. The largest absolute Gasteiger partial charge is 0.364 e. The molecular formula is C13H31NO2. The van der Waals surface area contributed by atoms with Crippen molar-refractivity contribution in [1.29, 1.82) is 0 Å². The molecule has 16 heavy (non-hydrogen) atoms. The fraction of sp³-hybridized carbons (Fsp3) is 0.923. The first-order valence-corrected chi connectivity index (χ1v) is 5.45. The van der Waals surface area contributed by atoms with E-state index in [-0.39, 0.29) is 20.8 Å². The van der Waals surface area contributed by atoms with E-state index in [4.69, 9.17) is 4.74 Å². The van der Waals surface area contributed by atoms with Crippen molar-refractivity contribution in [2.75, 3.05) is 20.9 Å². The quantitative estimate of drug-likeness (QED) is 0.473. The number of hydrogen-bond donors (Lipinski definition) is 0. The predicted molar refractivity (Wildman–Crippen MR) is 71.5 cm³/mol. The molecule has 0 aromatic carbocycles. The Hall–Kier alpha value is -0.570. The van der Waals surface area contributed by atoms with Gasteiger partial charge in [0.25, 0.3) is 0 Å². The first-order valence-electron chi connectivity index (χ1n) is 5.45. The van der Waals surface area contributed by atoms with E-state index in [0.717, 1.165) is 6.42 Å². The number of rotatable bonds is 8. The predicted octanol–water partition coefficient (Wildman–Crippen LogP) is 3.68. The molecule has 0 N–H and O–H groups in total. The zero-order valence-corrected chi connectivity index (χ0v) is 9.71. The number of carbonyl (C=O) groups is 1. The molecule has 0 fully saturated rings.